The molecule has 0 aromatic heterocycles. The molecule has 0 N–H and O–H groups in total. The number of nitriles is 1. The third kappa shape index (κ3) is 2.96. The van der Waals surface area contributed by atoms with E-state index in [4.69, 9.17) is 10.00 Å². The monoisotopic (exact) mass is 299 g/mol. The first-order chi connectivity index (χ1) is 10.6. The van der Waals surface area contributed by atoms with Crippen molar-refractivity contribution in [2.75, 3.05) is 19.7 Å². The highest BCUT2D eigenvalue weighted by Gasteiger charge is 2.43. The summed E-state index contributed by atoms with van der Waals surface area (Å²) in [6.45, 7) is 3.41. The Morgan fingerprint density at radius 2 is 1.95 bits per heavy atom. The number of amides is 4. The van der Waals surface area contributed by atoms with Gasteiger partial charge in [0.2, 0.25) is 0 Å². The van der Waals surface area contributed by atoms with E-state index in [0.29, 0.717) is 11.3 Å². The SMILES string of the molecule is C=CCN1C(=O)C(=O)N(CCOc2cccc(C#N)c2)C1=O. The summed E-state index contributed by atoms with van der Waals surface area (Å²) in [7, 11) is 0. The molecule has 7 nitrogen and oxygen atoms in total. The maximum atomic E-state index is 11.9. The molecule has 112 valence electrons. The van der Waals surface area contributed by atoms with Crippen LogP contribution in [0.5, 0.6) is 5.75 Å². The lowest BCUT2D eigenvalue weighted by molar-refractivity contribution is -0.143. The van der Waals surface area contributed by atoms with E-state index in [9.17, 15) is 14.4 Å². The average molecular weight is 299 g/mol. The zero-order chi connectivity index (χ0) is 16.1. The van der Waals surface area contributed by atoms with Gasteiger partial charge in [-0.1, -0.05) is 12.1 Å². The number of urea groups is 1. The lowest BCUT2D eigenvalue weighted by Crippen LogP contribution is -2.36. The second-order valence-electron chi connectivity index (χ2n) is 4.43. The number of hydrogen-bond donors (Lipinski definition) is 0. The van der Waals surface area contributed by atoms with Crippen LogP contribution in [0.2, 0.25) is 0 Å². The molecule has 1 heterocycles. The first kappa shape index (κ1) is 15.3. The van der Waals surface area contributed by atoms with Crippen LogP contribution in [0, 0.1) is 11.3 Å². The van der Waals surface area contributed by atoms with Gasteiger partial charge in [-0.25, -0.2) is 4.79 Å². The van der Waals surface area contributed by atoms with E-state index in [0.717, 1.165) is 9.80 Å². The van der Waals surface area contributed by atoms with E-state index in [2.05, 4.69) is 6.58 Å². The molecule has 1 aliphatic heterocycles. The third-order valence-electron chi connectivity index (χ3n) is 2.99. The van der Waals surface area contributed by atoms with Crippen LogP contribution >= 0.6 is 0 Å². The van der Waals surface area contributed by atoms with Crippen molar-refractivity contribution in [1.29, 1.82) is 5.26 Å². The second-order valence-corrected chi connectivity index (χ2v) is 4.43. The molecule has 0 spiro atoms. The number of benzene rings is 1. The molecule has 1 aromatic carbocycles. The number of nitrogens with zero attached hydrogens (tertiary/aromatic N) is 3. The molecule has 4 amide bonds. The fourth-order valence-corrected chi connectivity index (χ4v) is 1.95. The normalized spacial score (nSPS) is 14.2. The number of carbonyl (C=O) groups is 3. The van der Waals surface area contributed by atoms with E-state index in [1.807, 2.05) is 6.07 Å². The summed E-state index contributed by atoms with van der Waals surface area (Å²) in [6, 6.07) is 7.80. The van der Waals surface area contributed by atoms with Crippen LogP contribution in [0.4, 0.5) is 4.79 Å². The van der Waals surface area contributed by atoms with Crippen LogP contribution in [-0.4, -0.2) is 47.3 Å². The maximum absolute atomic E-state index is 11.9. The van der Waals surface area contributed by atoms with Gasteiger partial charge in [0.15, 0.2) is 0 Å². The van der Waals surface area contributed by atoms with Crippen molar-refractivity contribution in [3.63, 3.8) is 0 Å². The molecule has 7 heteroatoms. The largest absolute Gasteiger partial charge is 0.492 e. The highest BCUT2D eigenvalue weighted by Crippen LogP contribution is 2.14. The Kier molecular flexibility index (Phi) is 4.53. The van der Waals surface area contributed by atoms with Gasteiger partial charge in [-0.3, -0.25) is 19.4 Å². The van der Waals surface area contributed by atoms with E-state index in [1.54, 1.807) is 24.3 Å². The predicted octanol–water partition coefficient (Wildman–Crippen LogP) is 0.914. The zero-order valence-corrected chi connectivity index (χ0v) is 11.7. The zero-order valence-electron chi connectivity index (χ0n) is 11.7. The molecule has 0 aliphatic carbocycles. The summed E-state index contributed by atoms with van der Waals surface area (Å²) in [4.78, 5) is 36.9. The summed E-state index contributed by atoms with van der Waals surface area (Å²) in [5.41, 5.74) is 0.443. The van der Waals surface area contributed by atoms with Crippen LogP contribution in [0.3, 0.4) is 0 Å². The summed E-state index contributed by atoms with van der Waals surface area (Å²) < 4.78 is 5.39. The Hall–Kier alpha value is -3.14. The van der Waals surface area contributed by atoms with Gasteiger partial charge in [-0.05, 0) is 18.2 Å². The summed E-state index contributed by atoms with van der Waals surface area (Å²) >= 11 is 0. The number of rotatable bonds is 6. The summed E-state index contributed by atoms with van der Waals surface area (Å²) in [5, 5.41) is 8.78. The van der Waals surface area contributed by atoms with Crippen molar-refractivity contribution < 1.29 is 19.1 Å². The minimum atomic E-state index is -0.874. The topological polar surface area (TPSA) is 90.7 Å². The molecule has 22 heavy (non-hydrogen) atoms. The smallest absolute Gasteiger partial charge is 0.334 e. The standard InChI is InChI=1S/C15H13N3O4/c1-2-6-17-13(19)14(20)18(15(17)21)7-8-22-12-5-3-4-11(9-12)10-16/h2-5,9H,1,6-8H2. The van der Waals surface area contributed by atoms with E-state index in [-0.39, 0.29) is 19.7 Å². The van der Waals surface area contributed by atoms with E-state index in [1.165, 1.54) is 6.08 Å². The summed E-state index contributed by atoms with van der Waals surface area (Å²) in [6.07, 6.45) is 1.37. The first-order valence-corrected chi connectivity index (χ1v) is 6.49. The van der Waals surface area contributed by atoms with Crippen molar-refractivity contribution in [3.8, 4) is 11.8 Å². The number of imide groups is 2. The van der Waals surface area contributed by atoms with Crippen LogP contribution in [0.25, 0.3) is 0 Å². The quantitative estimate of drug-likeness (QED) is 0.442. The minimum absolute atomic E-state index is 0.00895. The molecule has 1 aromatic rings. The van der Waals surface area contributed by atoms with Crippen LogP contribution in [-0.2, 0) is 9.59 Å². The van der Waals surface area contributed by atoms with Crippen molar-refractivity contribution >= 4 is 17.8 Å². The first-order valence-electron chi connectivity index (χ1n) is 6.49. The van der Waals surface area contributed by atoms with Crippen molar-refractivity contribution in [2.24, 2.45) is 0 Å². The Balaban J connectivity index is 1.95. The lowest BCUT2D eigenvalue weighted by atomic mass is 10.2. The van der Waals surface area contributed by atoms with Gasteiger partial charge in [-0.2, -0.15) is 5.26 Å². The molecule has 1 saturated heterocycles. The fraction of sp³-hybridized carbons (Fsp3) is 0.200. The molecular weight excluding hydrogens is 286 g/mol. The number of hydrogen-bond acceptors (Lipinski definition) is 5. The average Bonchev–Trinajstić information content (AvgIpc) is 2.73. The third-order valence-corrected chi connectivity index (χ3v) is 2.99. The molecule has 0 saturated carbocycles. The van der Waals surface area contributed by atoms with Gasteiger partial charge in [0.05, 0.1) is 18.2 Å². The van der Waals surface area contributed by atoms with Gasteiger partial charge < -0.3 is 4.74 Å². The van der Waals surface area contributed by atoms with Crippen molar-refractivity contribution in [3.05, 3.63) is 42.5 Å². The summed E-state index contributed by atoms with van der Waals surface area (Å²) in [5.74, 6) is -1.29. The van der Waals surface area contributed by atoms with Crippen molar-refractivity contribution in [2.45, 2.75) is 0 Å². The van der Waals surface area contributed by atoms with E-state index >= 15 is 0 Å². The highest BCUT2D eigenvalue weighted by molar-refractivity contribution is 6.44. The molecule has 0 unspecified atom stereocenters. The predicted molar refractivity (Wildman–Crippen MR) is 75.7 cm³/mol. The van der Waals surface area contributed by atoms with Gasteiger partial charge in [0.1, 0.15) is 12.4 Å². The van der Waals surface area contributed by atoms with Gasteiger partial charge in [0, 0.05) is 6.54 Å². The van der Waals surface area contributed by atoms with Crippen LogP contribution < -0.4 is 4.74 Å². The molecule has 0 bridgehead atoms. The van der Waals surface area contributed by atoms with Gasteiger partial charge >= 0.3 is 17.8 Å². The number of ether oxygens (including phenoxy) is 1. The molecule has 1 aliphatic rings. The maximum Gasteiger partial charge on any atom is 0.334 e. The van der Waals surface area contributed by atoms with Crippen LogP contribution in [0.15, 0.2) is 36.9 Å². The van der Waals surface area contributed by atoms with Gasteiger partial charge in [-0.15, -0.1) is 6.58 Å². The number of carbonyl (C=O) groups excluding carboxylic acids is 3. The van der Waals surface area contributed by atoms with Gasteiger partial charge in [0.25, 0.3) is 0 Å². The van der Waals surface area contributed by atoms with E-state index < -0.39 is 17.8 Å². The lowest BCUT2D eigenvalue weighted by Gasteiger charge is -2.14. The Morgan fingerprint density at radius 3 is 2.64 bits per heavy atom. The molecule has 1 fully saturated rings. The Morgan fingerprint density at radius 1 is 1.23 bits per heavy atom. The molecule has 0 atom stereocenters. The Labute approximate surface area is 127 Å². The van der Waals surface area contributed by atoms with Crippen LogP contribution in [0.1, 0.15) is 5.56 Å². The Bertz CT molecular complexity index is 678. The molecule has 0 radical (unpaired) electrons. The second kappa shape index (κ2) is 6.54. The fourth-order valence-electron chi connectivity index (χ4n) is 1.95. The minimum Gasteiger partial charge on any atom is -0.492 e. The molecular formula is C15H13N3O4. The van der Waals surface area contributed by atoms with Crippen molar-refractivity contribution in [1.82, 2.24) is 9.80 Å². The molecule has 2 rings (SSSR count). The highest BCUT2D eigenvalue weighted by atomic mass is 16.5.